The van der Waals surface area contributed by atoms with Gasteiger partial charge < -0.3 is 20.1 Å². The van der Waals surface area contributed by atoms with Crippen molar-refractivity contribution in [3.05, 3.63) is 114 Å². The fraction of sp³-hybridized carbons (Fsp3) is 0.161. The number of hydrogen-bond donors (Lipinski definition) is 2. The first-order valence-electron chi connectivity index (χ1n) is 12.8. The zero-order valence-corrected chi connectivity index (χ0v) is 23.7. The van der Waals surface area contributed by atoms with Crippen LogP contribution < -0.4 is 24.4 Å². The molecule has 4 aromatic carbocycles. The van der Waals surface area contributed by atoms with Crippen LogP contribution in [0.4, 0.5) is 11.4 Å². The molecule has 4 aromatic rings. The highest BCUT2D eigenvalue weighted by molar-refractivity contribution is 7.92. The number of para-hydroxylation sites is 1. The number of rotatable bonds is 11. The Morgan fingerprint density at radius 2 is 1.46 bits per heavy atom. The molecule has 0 saturated carbocycles. The second-order valence-corrected chi connectivity index (χ2v) is 10.9. The Hall–Kier alpha value is -4.83. The lowest BCUT2D eigenvalue weighted by Gasteiger charge is -2.26. The highest BCUT2D eigenvalue weighted by Crippen LogP contribution is 2.35. The minimum Gasteiger partial charge on any atom is -0.497 e. The van der Waals surface area contributed by atoms with Crippen LogP contribution in [0.5, 0.6) is 11.5 Å². The molecule has 0 aliphatic rings. The lowest BCUT2D eigenvalue weighted by atomic mass is 10.1. The van der Waals surface area contributed by atoms with Crippen molar-refractivity contribution in [2.45, 2.75) is 17.9 Å². The third-order valence-electron chi connectivity index (χ3n) is 6.37. The van der Waals surface area contributed by atoms with E-state index in [4.69, 9.17) is 9.47 Å². The molecule has 0 saturated heterocycles. The molecule has 0 heterocycles. The molecule has 2 N–H and O–H groups in total. The van der Waals surface area contributed by atoms with E-state index >= 15 is 0 Å². The molecule has 0 aromatic heterocycles. The molecule has 1 atom stereocenters. The van der Waals surface area contributed by atoms with Crippen LogP contribution in [0.1, 0.15) is 28.9 Å². The van der Waals surface area contributed by atoms with Gasteiger partial charge in [-0.25, -0.2) is 8.42 Å². The molecule has 0 fully saturated rings. The molecular formula is C31H31N3O6S. The van der Waals surface area contributed by atoms with Crippen molar-refractivity contribution >= 4 is 33.2 Å². The summed E-state index contributed by atoms with van der Waals surface area (Å²) in [4.78, 5) is 26.6. The number of nitrogens with zero attached hydrogens (tertiary/aromatic N) is 1. The van der Waals surface area contributed by atoms with Crippen LogP contribution >= 0.6 is 0 Å². The van der Waals surface area contributed by atoms with E-state index in [2.05, 4.69) is 10.6 Å². The maximum atomic E-state index is 13.8. The zero-order chi connectivity index (χ0) is 29.4. The fourth-order valence-corrected chi connectivity index (χ4v) is 5.67. The van der Waals surface area contributed by atoms with Gasteiger partial charge >= 0.3 is 0 Å². The summed E-state index contributed by atoms with van der Waals surface area (Å²) in [5, 5.41) is 5.66. The van der Waals surface area contributed by atoms with Crippen LogP contribution in [-0.4, -0.2) is 41.0 Å². The van der Waals surface area contributed by atoms with Crippen LogP contribution in [0.15, 0.2) is 108 Å². The topological polar surface area (TPSA) is 114 Å². The van der Waals surface area contributed by atoms with Crippen molar-refractivity contribution < 1.29 is 27.5 Å². The molecular weight excluding hydrogens is 542 g/mol. The molecule has 10 heteroatoms. The summed E-state index contributed by atoms with van der Waals surface area (Å²) in [7, 11) is -1.31. The first kappa shape index (κ1) is 29.2. The maximum Gasteiger partial charge on any atom is 0.264 e. The molecule has 0 bridgehead atoms. The largest absolute Gasteiger partial charge is 0.497 e. The van der Waals surface area contributed by atoms with Crippen LogP contribution in [0, 0.1) is 0 Å². The summed E-state index contributed by atoms with van der Waals surface area (Å²) < 4.78 is 39.2. The van der Waals surface area contributed by atoms with Gasteiger partial charge in [0.2, 0.25) is 5.91 Å². The Morgan fingerprint density at radius 3 is 2.12 bits per heavy atom. The van der Waals surface area contributed by atoms with Crippen molar-refractivity contribution in [2.24, 2.45) is 0 Å². The van der Waals surface area contributed by atoms with Crippen LogP contribution in [0.25, 0.3) is 0 Å². The van der Waals surface area contributed by atoms with Gasteiger partial charge in [-0.2, -0.15) is 0 Å². The van der Waals surface area contributed by atoms with E-state index in [9.17, 15) is 18.0 Å². The smallest absolute Gasteiger partial charge is 0.264 e. The summed E-state index contributed by atoms with van der Waals surface area (Å²) in [6.07, 6.45) is 0. The molecule has 0 radical (unpaired) electrons. The Balaban J connectivity index is 1.63. The van der Waals surface area contributed by atoms with Gasteiger partial charge in [-0.1, -0.05) is 60.7 Å². The van der Waals surface area contributed by atoms with E-state index < -0.39 is 22.5 Å². The second-order valence-electron chi connectivity index (χ2n) is 9.06. The first-order chi connectivity index (χ1) is 19.7. The quantitative estimate of drug-likeness (QED) is 0.260. The summed E-state index contributed by atoms with van der Waals surface area (Å²) in [5.41, 5.74) is 1.56. The second kappa shape index (κ2) is 13.0. The monoisotopic (exact) mass is 573 g/mol. The summed E-state index contributed by atoms with van der Waals surface area (Å²) in [5.74, 6) is -0.385. The average Bonchev–Trinajstić information content (AvgIpc) is 3.00. The Labute approximate surface area is 239 Å². The van der Waals surface area contributed by atoms with E-state index in [0.29, 0.717) is 5.75 Å². The molecule has 0 aliphatic carbocycles. The predicted molar refractivity (Wildman–Crippen MR) is 158 cm³/mol. The molecule has 0 unspecified atom stereocenters. The van der Waals surface area contributed by atoms with Crippen molar-refractivity contribution in [1.82, 2.24) is 5.32 Å². The third kappa shape index (κ3) is 6.85. The maximum absolute atomic E-state index is 13.8. The molecule has 0 aliphatic heterocycles. The van der Waals surface area contributed by atoms with Crippen LogP contribution in [0.2, 0.25) is 0 Å². The SMILES string of the molecule is COc1ccc(N(CC(=O)Nc2ccccc2C(=O)N[C@H](C)c2ccccc2)S(=O)(=O)c2ccccc2)c(OC)c1. The third-order valence-corrected chi connectivity index (χ3v) is 8.14. The van der Waals surface area contributed by atoms with E-state index in [1.54, 1.807) is 48.5 Å². The van der Waals surface area contributed by atoms with Crippen LogP contribution in [-0.2, 0) is 14.8 Å². The lowest BCUT2D eigenvalue weighted by Crippen LogP contribution is -2.38. The Kier molecular flexibility index (Phi) is 9.26. The number of nitrogens with one attached hydrogen (secondary N) is 2. The number of ether oxygens (including phenoxy) is 2. The molecule has 41 heavy (non-hydrogen) atoms. The molecule has 0 spiro atoms. The summed E-state index contributed by atoms with van der Waals surface area (Å²) in [6.45, 7) is 1.28. The molecule has 9 nitrogen and oxygen atoms in total. The first-order valence-corrected chi connectivity index (χ1v) is 14.2. The molecule has 212 valence electrons. The van der Waals surface area contributed by atoms with Crippen molar-refractivity contribution in [2.75, 3.05) is 30.4 Å². The number of methoxy groups -OCH3 is 2. The van der Waals surface area contributed by atoms with Crippen molar-refractivity contribution in [1.29, 1.82) is 0 Å². The highest BCUT2D eigenvalue weighted by Gasteiger charge is 2.30. The van der Waals surface area contributed by atoms with E-state index in [1.807, 2.05) is 37.3 Å². The Bertz CT molecular complexity index is 1610. The van der Waals surface area contributed by atoms with Gasteiger partial charge in [0.25, 0.3) is 15.9 Å². The number of anilines is 2. The number of amides is 2. The minimum absolute atomic E-state index is 0.000323. The van der Waals surface area contributed by atoms with Crippen molar-refractivity contribution in [3.8, 4) is 11.5 Å². The van der Waals surface area contributed by atoms with Crippen molar-refractivity contribution in [3.63, 3.8) is 0 Å². The van der Waals surface area contributed by atoms with Gasteiger partial charge in [-0.05, 0) is 48.9 Å². The van der Waals surface area contributed by atoms with Gasteiger partial charge in [0, 0.05) is 6.07 Å². The normalized spacial score (nSPS) is 11.7. The zero-order valence-electron chi connectivity index (χ0n) is 22.9. The van der Waals surface area contributed by atoms with E-state index in [1.165, 1.54) is 38.5 Å². The number of carbonyl (C=O) groups is 2. The molecule has 2 amide bonds. The summed E-state index contributed by atoms with van der Waals surface area (Å²) in [6, 6.07) is 28.2. The number of hydrogen-bond acceptors (Lipinski definition) is 6. The fourth-order valence-electron chi connectivity index (χ4n) is 4.22. The number of benzene rings is 4. The average molecular weight is 574 g/mol. The van der Waals surface area contributed by atoms with Gasteiger partial charge in [-0.3, -0.25) is 13.9 Å². The van der Waals surface area contributed by atoms with Gasteiger partial charge in [0.15, 0.2) is 0 Å². The van der Waals surface area contributed by atoms with Crippen LogP contribution in [0.3, 0.4) is 0 Å². The lowest BCUT2D eigenvalue weighted by molar-refractivity contribution is -0.114. The number of carbonyl (C=O) groups excluding carboxylic acids is 2. The summed E-state index contributed by atoms with van der Waals surface area (Å²) >= 11 is 0. The minimum atomic E-state index is -4.19. The van der Waals surface area contributed by atoms with Gasteiger partial charge in [0.1, 0.15) is 18.0 Å². The molecule has 4 rings (SSSR count). The Morgan fingerprint density at radius 1 is 0.829 bits per heavy atom. The van der Waals surface area contributed by atoms with E-state index in [-0.39, 0.29) is 39.5 Å². The van der Waals surface area contributed by atoms with Gasteiger partial charge in [-0.15, -0.1) is 0 Å². The van der Waals surface area contributed by atoms with E-state index in [0.717, 1.165) is 9.87 Å². The van der Waals surface area contributed by atoms with Gasteiger partial charge in [0.05, 0.1) is 42.1 Å². The predicted octanol–water partition coefficient (Wildman–Crippen LogP) is 5.03. The number of sulfonamides is 1. The standard InChI is InChI=1S/C31H31N3O6S/c1-22(23-12-6-4-7-13-23)32-31(36)26-16-10-11-17-27(26)33-30(35)21-34(41(37,38)25-14-8-5-9-15-25)28-19-18-24(39-2)20-29(28)40-3/h4-20,22H,21H2,1-3H3,(H,32,36)(H,33,35)/t22-/m1/s1. The highest BCUT2D eigenvalue weighted by atomic mass is 32.2.